The number of hydrogen-bond donors (Lipinski definition) is 2. The zero-order chi connectivity index (χ0) is 17.0. The number of carbonyl (C=O) groups excluding carboxylic acids is 1. The van der Waals surface area contributed by atoms with Crippen LogP contribution in [0.25, 0.3) is 0 Å². The molecule has 1 aliphatic rings. The van der Waals surface area contributed by atoms with Gasteiger partial charge in [-0.05, 0) is 58.7 Å². The molecule has 128 valence electrons. The highest BCUT2D eigenvalue weighted by molar-refractivity contribution is 5.68. The van der Waals surface area contributed by atoms with Crippen molar-refractivity contribution in [2.24, 2.45) is 0 Å². The number of rotatable bonds is 6. The van der Waals surface area contributed by atoms with Crippen LogP contribution in [0.3, 0.4) is 0 Å². The Kier molecular flexibility index (Phi) is 5.52. The van der Waals surface area contributed by atoms with E-state index in [1.807, 2.05) is 39.8 Å². The van der Waals surface area contributed by atoms with Crippen LogP contribution >= 0.6 is 0 Å². The molecule has 0 aromatic heterocycles. The molecule has 1 aromatic rings. The van der Waals surface area contributed by atoms with Gasteiger partial charge >= 0.3 is 6.09 Å². The van der Waals surface area contributed by atoms with Crippen LogP contribution in [0, 0.1) is 0 Å². The van der Waals surface area contributed by atoms with E-state index in [1.54, 1.807) is 0 Å². The third kappa shape index (κ3) is 5.75. The van der Waals surface area contributed by atoms with Gasteiger partial charge in [0, 0.05) is 18.1 Å². The van der Waals surface area contributed by atoms with Gasteiger partial charge in [-0.15, -0.1) is 0 Å². The molecule has 2 N–H and O–H groups in total. The summed E-state index contributed by atoms with van der Waals surface area (Å²) in [5.74, 6) is 0.888. The number of hydrogen-bond acceptors (Lipinski definition) is 4. The van der Waals surface area contributed by atoms with Gasteiger partial charge in [-0.1, -0.05) is 12.1 Å². The predicted octanol–water partition coefficient (Wildman–Crippen LogP) is 3.40. The Morgan fingerprint density at radius 1 is 1.26 bits per heavy atom. The molecule has 3 unspecified atom stereocenters. The minimum Gasteiger partial charge on any atom is -0.494 e. The average molecular weight is 320 g/mol. The zero-order valence-corrected chi connectivity index (χ0v) is 14.7. The third-order valence-electron chi connectivity index (χ3n) is 3.65. The first-order valence-corrected chi connectivity index (χ1v) is 8.27. The second-order valence-electron chi connectivity index (χ2n) is 6.99. The summed E-state index contributed by atoms with van der Waals surface area (Å²) < 4.78 is 10.7. The lowest BCUT2D eigenvalue weighted by Gasteiger charge is -2.20. The molecule has 1 amide bonds. The van der Waals surface area contributed by atoms with Gasteiger partial charge in [0.05, 0.1) is 6.61 Å². The molecule has 0 heterocycles. The van der Waals surface area contributed by atoms with E-state index >= 15 is 0 Å². The Balaban J connectivity index is 1.77. The van der Waals surface area contributed by atoms with Crippen LogP contribution in [0.4, 0.5) is 4.79 Å². The third-order valence-corrected chi connectivity index (χ3v) is 3.65. The van der Waals surface area contributed by atoms with Crippen molar-refractivity contribution in [1.82, 2.24) is 10.6 Å². The van der Waals surface area contributed by atoms with Crippen LogP contribution in [0.15, 0.2) is 24.3 Å². The first-order valence-electron chi connectivity index (χ1n) is 8.27. The van der Waals surface area contributed by atoms with Crippen molar-refractivity contribution >= 4 is 6.09 Å². The minimum absolute atomic E-state index is 0.148. The van der Waals surface area contributed by atoms with Crippen molar-refractivity contribution < 1.29 is 14.3 Å². The molecular weight excluding hydrogens is 292 g/mol. The van der Waals surface area contributed by atoms with Gasteiger partial charge in [0.1, 0.15) is 11.4 Å². The number of amides is 1. The molecule has 1 fully saturated rings. The smallest absolute Gasteiger partial charge is 0.407 e. The molecule has 1 saturated carbocycles. The van der Waals surface area contributed by atoms with Crippen LogP contribution < -0.4 is 15.4 Å². The molecule has 0 bridgehead atoms. The lowest BCUT2D eigenvalue weighted by atomic mass is 10.1. The quantitative estimate of drug-likeness (QED) is 0.843. The maximum absolute atomic E-state index is 11.7. The summed E-state index contributed by atoms with van der Waals surface area (Å²) in [6, 6.07) is 8.78. The Bertz CT molecular complexity index is 522. The molecule has 0 aliphatic heterocycles. The van der Waals surface area contributed by atoms with Gasteiger partial charge in [-0.2, -0.15) is 0 Å². The van der Waals surface area contributed by atoms with Crippen LogP contribution in [0.2, 0.25) is 0 Å². The number of benzene rings is 1. The summed E-state index contributed by atoms with van der Waals surface area (Å²) in [6.07, 6.45) is 0.584. The topological polar surface area (TPSA) is 59.6 Å². The molecule has 1 aliphatic carbocycles. The fourth-order valence-corrected chi connectivity index (χ4v) is 2.43. The van der Waals surface area contributed by atoms with Crippen molar-refractivity contribution in [3.05, 3.63) is 29.8 Å². The van der Waals surface area contributed by atoms with Crippen molar-refractivity contribution in [2.45, 2.75) is 64.8 Å². The highest BCUT2D eigenvalue weighted by Gasteiger charge is 2.40. The monoisotopic (exact) mass is 320 g/mol. The first-order chi connectivity index (χ1) is 10.8. The lowest BCUT2D eigenvalue weighted by Crippen LogP contribution is -2.37. The van der Waals surface area contributed by atoms with Crippen LogP contribution in [-0.4, -0.2) is 30.4 Å². The maximum atomic E-state index is 11.7. The molecule has 0 radical (unpaired) electrons. The Morgan fingerprint density at radius 2 is 1.91 bits per heavy atom. The summed E-state index contributed by atoms with van der Waals surface area (Å²) in [5.41, 5.74) is 0.744. The Labute approximate surface area is 138 Å². The highest BCUT2D eigenvalue weighted by atomic mass is 16.6. The number of carbonyl (C=O) groups is 1. The molecule has 5 nitrogen and oxygen atoms in total. The van der Waals surface area contributed by atoms with Gasteiger partial charge < -0.3 is 20.1 Å². The first kappa shape index (κ1) is 17.6. The van der Waals surface area contributed by atoms with E-state index in [1.165, 1.54) is 5.56 Å². The van der Waals surface area contributed by atoms with Crippen molar-refractivity contribution in [3.8, 4) is 5.75 Å². The largest absolute Gasteiger partial charge is 0.494 e. The Hall–Kier alpha value is -1.75. The highest BCUT2D eigenvalue weighted by Crippen LogP contribution is 2.26. The second-order valence-corrected chi connectivity index (χ2v) is 6.99. The van der Waals surface area contributed by atoms with E-state index in [4.69, 9.17) is 9.47 Å². The molecule has 1 aromatic carbocycles. The van der Waals surface area contributed by atoms with Crippen molar-refractivity contribution in [2.75, 3.05) is 6.61 Å². The van der Waals surface area contributed by atoms with Gasteiger partial charge in [-0.25, -0.2) is 4.79 Å². The van der Waals surface area contributed by atoms with Crippen molar-refractivity contribution in [1.29, 1.82) is 0 Å². The SMILES string of the molecule is CCOc1ccc(C(C)NC2CC2NC(=O)OC(C)(C)C)cc1. The summed E-state index contributed by atoms with van der Waals surface area (Å²) in [4.78, 5) is 11.7. The van der Waals surface area contributed by atoms with Gasteiger partial charge in [0.25, 0.3) is 0 Å². The van der Waals surface area contributed by atoms with E-state index in [0.29, 0.717) is 12.6 Å². The summed E-state index contributed by atoms with van der Waals surface area (Å²) in [7, 11) is 0. The molecule has 3 atom stereocenters. The maximum Gasteiger partial charge on any atom is 0.407 e. The van der Waals surface area contributed by atoms with E-state index in [2.05, 4.69) is 29.7 Å². The van der Waals surface area contributed by atoms with Gasteiger partial charge in [-0.3, -0.25) is 0 Å². The van der Waals surface area contributed by atoms with Crippen LogP contribution in [-0.2, 0) is 4.74 Å². The molecule has 2 rings (SSSR count). The lowest BCUT2D eigenvalue weighted by molar-refractivity contribution is 0.0522. The van der Waals surface area contributed by atoms with E-state index in [0.717, 1.165) is 12.2 Å². The van der Waals surface area contributed by atoms with E-state index in [-0.39, 0.29) is 18.2 Å². The number of nitrogens with one attached hydrogen (secondary N) is 2. The number of ether oxygens (including phenoxy) is 2. The minimum atomic E-state index is -0.461. The van der Waals surface area contributed by atoms with Gasteiger partial charge in [0.2, 0.25) is 0 Å². The summed E-state index contributed by atoms with van der Waals surface area (Å²) in [6.45, 7) is 10.4. The summed E-state index contributed by atoms with van der Waals surface area (Å²) in [5, 5.41) is 6.43. The molecule has 0 spiro atoms. The average Bonchev–Trinajstić information content (AvgIpc) is 3.15. The van der Waals surface area contributed by atoms with E-state index in [9.17, 15) is 4.79 Å². The summed E-state index contributed by atoms with van der Waals surface area (Å²) >= 11 is 0. The fourth-order valence-electron chi connectivity index (χ4n) is 2.43. The normalized spacial score (nSPS) is 21.4. The molecule has 23 heavy (non-hydrogen) atoms. The fraction of sp³-hybridized carbons (Fsp3) is 0.611. The number of alkyl carbamates (subject to hydrolysis) is 1. The van der Waals surface area contributed by atoms with Gasteiger partial charge in [0.15, 0.2) is 0 Å². The standard InChI is InChI=1S/C18H28N2O3/c1-6-22-14-9-7-13(8-10-14)12(2)19-15-11-16(15)20-17(21)23-18(3,4)5/h7-10,12,15-16,19H,6,11H2,1-5H3,(H,20,21). The van der Waals surface area contributed by atoms with Crippen LogP contribution in [0.1, 0.15) is 52.6 Å². The molecule has 5 heteroatoms. The Morgan fingerprint density at radius 3 is 2.48 bits per heavy atom. The van der Waals surface area contributed by atoms with E-state index < -0.39 is 5.60 Å². The predicted molar refractivity (Wildman–Crippen MR) is 90.7 cm³/mol. The van der Waals surface area contributed by atoms with Crippen LogP contribution in [0.5, 0.6) is 5.75 Å². The second kappa shape index (κ2) is 7.21. The van der Waals surface area contributed by atoms with Crippen molar-refractivity contribution in [3.63, 3.8) is 0 Å². The molecular formula is C18H28N2O3. The zero-order valence-electron chi connectivity index (χ0n) is 14.7. The molecule has 0 saturated heterocycles.